The van der Waals surface area contributed by atoms with Crippen molar-refractivity contribution in [1.82, 2.24) is 0 Å². The molecule has 0 amide bonds. The minimum absolute atomic E-state index is 0.320. The SMILES string of the molecule is CC(C)CCCC(C)CCC1CCCC(COF)C1. The van der Waals surface area contributed by atoms with E-state index in [-0.39, 0.29) is 0 Å². The van der Waals surface area contributed by atoms with Crippen LogP contribution in [0.2, 0.25) is 0 Å². The van der Waals surface area contributed by atoms with E-state index in [4.69, 9.17) is 0 Å². The van der Waals surface area contributed by atoms with Crippen molar-refractivity contribution in [1.29, 1.82) is 0 Å². The lowest BCUT2D eigenvalue weighted by molar-refractivity contribution is -0.149. The summed E-state index contributed by atoms with van der Waals surface area (Å²) in [5.74, 6) is 2.99. The fourth-order valence-electron chi connectivity index (χ4n) is 3.44. The Labute approximate surface area is 119 Å². The lowest BCUT2D eigenvalue weighted by Crippen LogP contribution is -2.19. The third-order valence-electron chi connectivity index (χ3n) is 4.74. The Hall–Kier alpha value is -0.110. The van der Waals surface area contributed by atoms with Crippen molar-refractivity contribution in [3.05, 3.63) is 0 Å². The van der Waals surface area contributed by atoms with E-state index in [0.29, 0.717) is 12.5 Å². The van der Waals surface area contributed by atoms with Crippen LogP contribution in [-0.4, -0.2) is 6.61 Å². The molecule has 19 heavy (non-hydrogen) atoms. The fraction of sp³-hybridized carbons (Fsp3) is 1.00. The van der Waals surface area contributed by atoms with Crippen LogP contribution in [0, 0.1) is 23.7 Å². The van der Waals surface area contributed by atoms with E-state index >= 15 is 0 Å². The largest absolute Gasteiger partial charge is 0.194 e. The number of hydrogen-bond acceptors (Lipinski definition) is 1. The molecule has 3 unspecified atom stereocenters. The van der Waals surface area contributed by atoms with Gasteiger partial charge in [-0.3, -0.25) is 0 Å². The molecule has 3 atom stereocenters. The third kappa shape index (κ3) is 7.91. The van der Waals surface area contributed by atoms with Crippen molar-refractivity contribution in [3.63, 3.8) is 0 Å². The molecule has 0 aromatic rings. The molecule has 1 rings (SSSR count). The van der Waals surface area contributed by atoms with Gasteiger partial charge in [-0.2, -0.15) is 4.94 Å². The molecule has 1 nitrogen and oxygen atoms in total. The van der Waals surface area contributed by atoms with Gasteiger partial charge in [-0.1, -0.05) is 65.7 Å². The van der Waals surface area contributed by atoms with E-state index in [1.165, 1.54) is 51.4 Å². The Balaban J connectivity index is 2.10. The van der Waals surface area contributed by atoms with Gasteiger partial charge in [-0.15, -0.1) is 0 Å². The van der Waals surface area contributed by atoms with Crippen molar-refractivity contribution in [2.75, 3.05) is 6.61 Å². The van der Waals surface area contributed by atoms with Gasteiger partial charge in [0.2, 0.25) is 0 Å². The van der Waals surface area contributed by atoms with Crippen molar-refractivity contribution < 1.29 is 9.47 Å². The van der Waals surface area contributed by atoms with Crippen molar-refractivity contribution >= 4 is 0 Å². The quantitative estimate of drug-likeness (QED) is 0.505. The highest BCUT2D eigenvalue weighted by atomic mass is 19.3. The van der Waals surface area contributed by atoms with Gasteiger partial charge in [-0.05, 0) is 41.0 Å². The minimum Gasteiger partial charge on any atom is -0.194 e. The maximum Gasteiger partial charge on any atom is 0.0904 e. The van der Waals surface area contributed by atoms with Crippen LogP contribution < -0.4 is 0 Å². The molecule has 114 valence electrons. The first kappa shape index (κ1) is 16.9. The topological polar surface area (TPSA) is 9.23 Å². The summed E-state index contributed by atoms with van der Waals surface area (Å²) in [4.78, 5) is 3.83. The van der Waals surface area contributed by atoms with Crippen LogP contribution in [-0.2, 0) is 4.94 Å². The van der Waals surface area contributed by atoms with Gasteiger partial charge in [-0.25, -0.2) is 0 Å². The highest BCUT2D eigenvalue weighted by Crippen LogP contribution is 2.33. The summed E-state index contributed by atoms with van der Waals surface area (Å²) < 4.78 is 11.9. The number of rotatable bonds is 9. The summed E-state index contributed by atoms with van der Waals surface area (Å²) >= 11 is 0. The zero-order chi connectivity index (χ0) is 14.1. The molecule has 2 heteroatoms. The summed E-state index contributed by atoms with van der Waals surface area (Å²) in [6.45, 7) is 7.32. The second kappa shape index (κ2) is 9.74. The highest BCUT2D eigenvalue weighted by Gasteiger charge is 2.22. The zero-order valence-corrected chi connectivity index (χ0v) is 13.2. The van der Waals surface area contributed by atoms with Crippen molar-refractivity contribution in [2.45, 2.75) is 78.6 Å². The molecule has 0 N–H and O–H groups in total. The molecule has 0 spiro atoms. The van der Waals surface area contributed by atoms with Gasteiger partial charge in [0.1, 0.15) is 0 Å². The molecule has 0 radical (unpaired) electrons. The van der Waals surface area contributed by atoms with Crippen LogP contribution in [0.3, 0.4) is 0 Å². The van der Waals surface area contributed by atoms with Gasteiger partial charge >= 0.3 is 0 Å². The highest BCUT2D eigenvalue weighted by molar-refractivity contribution is 4.73. The van der Waals surface area contributed by atoms with E-state index in [9.17, 15) is 4.53 Å². The van der Waals surface area contributed by atoms with Crippen molar-refractivity contribution in [2.24, 2.45) is 23.7 Å². The standard InChI is InChI=1S/C17H33FO/c1-14(2)6-4-7-15(3)10-11-16-8-5-9-17(12-16)13-19-18/h14-17H,4-13H2,1-3H3. The van der Waals surface area contributed by atoms with Gasteiger partial charge < -0.3 is 0 Å². The van der Waals surface area contributed by atoms with E-state index in [1.807, 2.05) is 0 Å². The smallest absolute Gasteiger partial charge is 0.0904 e. The van der Waals surface area contributed by atoms with Crippen LogP contribution in [0.1, 0.15) is 78.6 Å². The van der Waals surface area contributed by atoms with Gasteiger partial charge in [0, 0.05) is 0 Å². The monoisotopic (exact) mass is 272 g/mol. The summed E-state index contributed by atoms with van der Waals surface area (Å²) in [5.41, 5.74) is 0. The molecular formula is C17H33FO. The Morgan fingerprint density at radius 2 is 1.79 bits per heavy atom. The predicted molar refractivity (Wildman–Crippen MR) is 79.6 cm³/mol. The van der Waals surface area contributed by atoms with Crippen LogP contribution in [0.4, 0.5) is 4.53 Å². The lowest BCUT2D eigenvalue weighted by atomic mass is 9.78. The Kier molecular flexibility index (Phi) is 8.69. The summed E-state index contributed by atoms with van der Waals surface area (Å²) in [7, 11) is 0. The van der Waals surface area contributed by atoms with Gasteiger partial charge in [0.15, 0.2) is 0 Å². The second-order valence-corrected chi connectivity index (χ2v) is 7.18. The Morgan fingerprint density at radius 1 is 1.05 bits per heavy atom. The Bertz CT molecular complexity index is 215. The van der Waals surface area contributed by atoms with Crippen LogP contribution in [0.25, 0.3) is 0 Å². The molecule has 1 fully saturated rings. The van der Waals surface area contributed by atoms with Crippen LogP contribution in [0.15, 0.2) is 0 Å². The molecule has 0 aromatic carbocycles. The maximum absolute atomic E-state index is 11.9. The zero-order valence-electron chi connectivity index (χ0n) is 13.2. The second-order valence-electron chi connectivity index (χ2n) is 7.18. The summed E-state index contributed by atoms with van der Waals surface area (Å²) in [6.07, 6.45) is 11.8. The molecule has 0 heterocycles. The molecule has 0 bridgehead atoms. The first-order chi connectivity index (χ1) is 9.11. The molecule has 1 aliphatic rings. The van der Waals surface area contributed by atoms with Gasteiger partial charge in [0.25, 0.3) is 0 Å². The first-order valence-corrected chi connectivity index (χ1v) is 8.35. The number of halogens is 1. The summed E-state index contributed by atoms with van der Waals surface area (Å²) in [5, 5.41) is 0. The molecule has 0 aromatic heterocycles. The molecule has 1 aliphatic carbocycles. The third-order valence-corrected chi connectivity index (χ3v) is 4.74. The normalized spacial score (nSPS) is 25.7. The maximum atomic E-state index is 11.9. The average Bonchev–Trinajstić information content (AvgIpc) is 2.37. The van der Waals surface area contributed by atoms with E-state index < -0.39 is 0 Å². The molecule has 1 saturated carbocycles. The van der Waals surface area contributed by atoms with E-state index in [2.05, 4.69) is 25.7 Å². The molecule has 0 aliphatic heterocycles. The van der Waals surface area contributed by atoms with Crippen LogP contribution in [0.5, 0.6) is 0 Å². The fourth-order valence-corrected chi connectivity index (χ4v) is 3.44. The summed E-state index contributed by atoms with van der Waals surface area (Å²) in [6, 6.07) is 0. The molecular weight excluding hydrogens is 239 g/mol. The Morgan fingerprint density at radius 3 is 2.47 bits per heavy atom. The predicted octanol–water partition coefficient (Wildman–Crippen LogP) is 5.94. The van der Waals surface area contributed by atoms with E-state index in [0.717, 1.165) is 24.2 Å². The first-order valence-electron chi connectivity index (χ1n) is 8.35. The molecule has 0 saturated heterocycles. The lowest BCUT2D eigenvalue weighted by Gasteiger charge is -2.28. The van der Waals surface area contributed by atoms with Crippen LogP contribution >= 0.6 is 0 Å². The van der Waals surface area contributed by atoms with Crippen molar-refractivity contribution in [3.8, 4) is 0 Å². The van der Waals surface area contributed by atoms with Gasteiger partial charge in [0.05, 0.1) is 6.61 Å². The minimum atomic E-state index is 0.320. The average molecular weight is 272 g/mol. The van der Waals surface area contributed by atoms with E-state index in [1.54, 1.807) is 0 Å². The number of hydrogen-bond donors (Lipinski definition) is 0.